The van der Waals surface area contributed by atoms with E-state index in [9.17, 15) is 13.2 Å². The summed E-state index contributed by atoms with van der Waals surface area (Å²) in [6.45, 7) is 10.8. The van der Waals surface area contributed by atoms with Gasteiger partial charge >= 0.3 is 0 Å². The van der Waals surface area contributed by atoms with Crippen LogP contribution in [0, 0.1) is 0 Å². The number of hydrogen-bond acceptors (Lipinski definition) is 9. The first-order chi connectivity index (χ1) is 17.4. The molecule has 2 saturated heterocycles. The van der Waals surface area contributed by atoms with Crippen LogP contribution in [-0.4, -0.2) is 94.8 Å². The number of piperazine rings is 1. The first-order valence-electron chi connectivity index (χ1n) is 12.4. The molecule has 3 aromatic heterocycles. The van der Waals surface area contributed by atoms with Crippen molar-refractivity contribution in [3.8, 4) is 17.3 Å². The Morgan fingerprint density at radius 2 is 1.86 bits per heavy atom. The Morgan fingerprint density at radius 3 is 2.47 bits per heavy atom. The van der Waals surface area contributed by atoms with Gasteiger partial charge in [-0.05, 0) is 26.0 Å². The number of aromatic nitrogens is 5. The van der Waals surface area contributed by atoms with Crippen molar-refractivity contribution in [2.75, 3.05) is 52.4 Å². The van der Waals surface area contributed by atoms with Gasteiger partial charge in [0.1, 0.15) is 16.2 Å². The van der Waals surface area contributed by atoms with Crippen LogP contribution >= 0.6 is 0 Å². The van der Waals surface area contributed by atoms with Crippen molar-refractivity contribution in [1.82, 2.24) is 39.3 Å². The molecule has 0 aliphatic carbocycles. The second kappa shape index (κ2) is 9.88. The molecule has 13 heteroatoms. The third-order valence-electron chi connectivity index (χ3n) is 6.87. The SMILES string of the molecule is CCOc1ncc(S(=O)(=O)N2CCN(CC)CC2)cc1-c1nc2c(CC)n(C3CNC3)nc2c(=O)[nH]1. The van der Waals surface area contributed by atoms with Crippen molar-refractivity contribution >= 4 is 21.1 Å². The second-order valence-corrected chi connectivity index (χ2v) is 10.9. The molecule has 2 fully saturated rings. The number of H-pyrrole nitrogens is 1. The molecule has 3 aromatic rings. The predicted octanol–water partition coefficient (Wildman–Crippen LogP) is 0.613. The molecule has 36 heavy (non-hydrogen) atoms. The van der Waals surface area contributed by atoms with Gasteiger partial charge in [-0.3, -0.25) is 9.48 Å². The van der Waals surface area contributed by atoms with Crippen LogP contribution in [0.15, 0.2) is 22.0 Å². The molecule has 0 saturated carbocycles. The molecular formula is C23H32N8O4S. The van der Waals surface area contributed by atoms with Gasteiger partial charge < -0.3 is 19.9 Å². The van der Waals surface area contributed by atoms with E-state index in [4.69, 9.17) is 9.72 Å². The Labute approximate surface area is 209 Å². The zero-order valence-electron chi connectivity index (χ0n) is 20.8. The Hall–Kier alpha value is -2.87. The minimum atomic E-state index is -3.78. The molecule has 5 rings (SSSR count). The maximum atomic E-state index is 13.4. The van der Waals surface area contributed by atoms with Crippen LogP contribution in [0.2, 0.25) is 0 Å². The van der Waals surface area contributed by atoms with Gasteiger partial charge in [-0.1, -0.05) is 13.8 Å². The molecule has 12 nitrogen and oxygen atoms in total. The number of ether oxygens (including phenoxy) is 1. The third kappa shape index (κ3) is 4.29. The van der Waals surface area contributed by atoms with Crippen molar-refractivity contribution in [1.29, 1.82) is 0 Å². The Morgan fingerprint density at radius 1 is 1.11 bits per heavy atom. The average Bonchev–Trinajstić information content (AvgIpc) is 3.21. The summed E-state index contributed by atoms with van der Waals surface area (Å²) < 4.78 is 35.9. The van der Waals surface area contributed by atoms with Crippen LogP contribution in [0.1, 0.15) is 32.5 Å². The molecule has 0 unspecified atom stereocenters. The van der Waals surface area contributed by atoms with E-state index >= 15 is 0 Å². The van der Waals surface area contributed by atoms with Gasteiger partial charge in [-0.2, -0.15) is 9.40 Å². The summed E-state index contributed by atoms with van der Waals surface area (Å²) in [6, 6.07) is 1.68. The largest absolute Gasteiger partial charge is 0.477 e. The third-order valence-corrected chi connectivity index (χ3v) is 8.74. The number of sulfonamides is 1. The Balaban J connectivity index is 1.59. The van der Waals surface area contributed by atoms with E-state index in [-0.39, 0.29) is 33.7 Å². The lowest BCUT2D eigenvalue weighted by Crippen LogP contribution is -2.48. The van der Waals surface area contributed by atoms with Crippen molar-refractivity contribution < 1.29 is 13.2 Å². The van der Waals surface area contributed by atoms with E-state index in [0.717, 1.165) is 25.3 Å². The maximum absolute atomic E-state index is 13.4. The fourth-order valence-electron chi connectivity index (χ4n) is 4.67. The number of aryl methyl sites for hydroxylation is 1. The lowest BCUT2D eigenvalue weighted by Gasteiger charge is -2.33. The summed E-state index contributed by atoms with van der Waals surface area (Å²) >= 11 is 0. The molecule has 2 aliphatic heterocycles. The summed E-state index contributed by atoms with van der Waals surface area (Å²) in [4.78, 5) is 27.2. The number of fused-ring (bicyclic) bond motifs is 1. The van der Waals surface area contributed by atoms with Crippen LogP contribution in [0.25, 0.3) is 22.4 Å². The van der Waals surface area contributed by atoms with E-state index in [0.29, 0.717) is 50.3 Å². The van der Waals surface area contributed by atoms with Gasteiger partial charge in [0.2, 0.25) is 15.9 Å². The predicted molar refractivity (Wildman–Crippen MR) is 135 cm³/mol. The standard InChI is InChI=1S/C23H32N8O4S/c1-4-18-19-20(28-31(18)15-12-24-13-15)22(32)27-21(26-19)17-11-16(14-25-23(17)35-6-3)36(33,34)30-9-7-29(5-2)8-10-30/h11,14-15,24H,4-10,12-13H2,1-3H3,(H,26,27,32). The molecule has 2 aliphatic rings. The summed E-state index contributed by atoms with van der Waals surface area (Å²) in [5, 5.41) is 7.77. The second-order valence-electron chi connectivity index (χ2n) is 8.96. The quantitative estimate of drug-likeness (QED) is 0.441. The van der Waals surface area contributed by atoms with E-state index in [1.165, 1.54) is 16.6 Å². The summed E-state index contributed by atoms with van der Waals surface area (Å²) in [5.41, 5.74) is 1.58. The topological polar surface area (TPSA) is 138 Å². The number of aromatic amines is 1. The van der Waals surface area contributed by atoms with Gasteiger partial charge in [0.25, 0.3) is 5.56 Å². The maximum Gasteiger partial charge on any atom is 0.279 e. The van der Waals surface area contributed by atoms with Crippen LogP contribution in [0.3, 0.4) is 0 Å². The van der Waals surface area contributed by atoms with Crippen molar-refractivity contribution in [3.63, 3.8) is 0 Å². The number of likely N-dealkylation sites (N-methyl/N-ethyl adjacent to an activating group) is 1. The molecule has 0 radical (unpaired) electrons. The van der Waals surface area contributed by atoms with Gasteiger partial charge in [0.05, 0.1) is 30.1 Å². The van der Waals surface area contributed by atoms with Crippen LogP contribution in [0.5, 0.6) is 5.88 Å². The molecule has 194 valence electrons. The number of hydrogen-bond donors (Lipinski definition) is 2. The first-order valence-corrected chi connectivity index (χ1v) is 13.9. The number of pyridine rings is 1. The molecule has 0 bridgehead atoms. The molecule has 2 N–H and O–H groups in total. The molecule has 5 heterocycles. The molecule has 0 amide bonds. The van der Waals surface area contributed by atoms with E-state index in [1.54, 1.807) is 0 Å². The van der Waals surface area contributed by atoms with E-state index in [1.807, 2.05) is 18.5 Å². The van der Waals surface area contributed by atoms with Crippen LogP contribution in [-0.2, 0) is 16.4 Å². The zero-order valence-corrected chi connectivity index (χ0v) is 21.6. The lowest BCUT2D eigenvalue weighted by atomic mass is 10.1. The number of rotatable bonds is 8. The average molecular weight is 517 g/mol. The number of nitrogens with one attached hydrogen (secondary N) is 2. The highest BCUT2D eigenvalue weighted by molar-refractivity contribution is 7.89. The summed E-state index contributed by atoms with van der Waals surface area (Å²) in [7, 11) is -3.78. The highest BCUT2D eigenvalue weighted by atomic mass is 32.2. The van der Waals surface area contributed by atoms with E-state index in [2.05, 4.69) is 32.2 Å². The fraction of sp³-hybridized carbons (Fsp3) is 0.565. The highest BCUT2D eigenvalue weighted by Gasteiger charge is 2.30. The van der Waals surface area contributed by atoms with Gasteiger partial charge in [-0.15, -0.1) is 0 Å². The summed E-state index contributed by atoms with van der Waals surface area (Å²) in [5.74, 6) is 0.417. The fourth-order valence-corrected chi connectivity index (χ4v) is 6.07. The zero-order chi connectivity index (χ0) is 25.4. The normalized spacial score (nSPS) is 18.0. The highest BCUT2D eigenvalue weighted by Crippen LogP contribution is 2.31. The van der Waals surface area contributed by atoms with Crippen LogP contribution < -0.4 is 15.6 Å². The molecule has 0 aromatic carbocycles. The van der Waals surface area contributed by atoms with Gasteiger partial charge in [0, 0.05) is 39.3 Å². The monoisotopic (exact) mass is 516 g/mol. The van der Waals surface area contributed by atoms with E-state index < -0.39 is 10.0 Å². The number of nitrogens with zero attached hydrogens (tertiary/aromatic N) is 6. The Bertz CT molecular complexity index is 1420. The smallest absolute Gasteiger partial charge is 0.279 e. The van der Waals surface area contributed by atoms with Crippen molar-refractivity contribution in [3.05, 3.63) is 28.3 Å². The minimum absolute atomic E-state index is 0.0422. The molecule has 0 atom stereocenters. The summed E-state index contributed by atoms with van der Waals surface area (Å²) in [6.07, 6.45) is 1.96. The van der Waals surface area contributed by atoms with Crippen molar-refractivity contribution in [2.24, 2.45) is 0 Å². The lowest BCUT2D eigenvalue weighted by molar-refractivity contribution is 0.196. The minimum Gasteiger partial charge on any atom is -0.477 e. The Kier molecular flexibility index (Phi) is 6.81. The van der Waals surface area contributed by atoms with Gasteiger partial charge in [0.15, 0.2) is 5.52 Å². The van der Waals surface area contributed by atoms with Crippen molar-refractivity contribution in [2.45, 2.75) is 38.1 Å². The molecular weight excluding hydrogens is 484 g/mol. The first kappa shape index (κ1) is 24.8. The molecule has 0 spiro atoms. The van der Waals surface area contributed by atoms with Crippen LogP contribution in [0.4, 0.5) is 0 Å². The van der Waals surface area contributed by atoms with Gasteiger partial charge in [-0.25, -0.2) is 18.4 Å².